The summed E-state index contributed by atoms with van der Waals surface area (Å²) in [5.41, 5.74) is 2.93. The van der Waals surface area contributed by atoms with E-state index in [2.05, 4.69) is 23.5 Å². The predicted octanol–water partition coefficient (Wildman–Crippen LogP) is 2.38. The molecule has 2 aliphatic rings. The summed E-state index contributed by atoms with van der Waals surface area (Å²) in [5.74, 6) is 0. The standard InChI is InChI=1S/C15H20N2O2/c1-11-4-5-12(2)13(8-11)17-10-15(19-14(17)18)6-3-7-16-9-15/h4-5,8,16H,3,6-7,9-10H2,1-2H3. The Morgan fingerprint density at radius 3 is 2.95 bits per heavy atom. The van der Waals surface area contributed by atoms with Crippen molar-refractivity contribution in [3.63, 3.8) is 0 Å². The molecule has 0 aromatic heterocycles. The molecule has 0 bridgehead atoms. The smallest absolute Gasteiger partial charge is 0.415 e. The van der Waals surface area contributed by atoms with Crippen molar-refractivity contribution in [3.05, 3.63) is 29.3 Å². The van der Waals surface area contributed by atoms with Crippen LogP contribution in [0.4, 0.5) is 10.5 Å². The molecule has 0 saturated carbocycles. The second-order valence-electron chi connectivity index (χ2n) is 5.71. The number of carbonyl (C=O) groups excluding carboxylic acids is 1. The molecule has 19 heavy (non-hydrogen) atoms. The maximum Gasteiger partial charge on any atom is 0.415 e. The van der Waals surface area contributed by atoms with Crippen LogP contribution in [0.3, 0.4) is 0 Å². The highest BCUT2D eigenvalue weighted by Gasteiger charge is 2.46. The van der Waals surface area contributed by atoms with Crippen molar-refractivity contribution in [2.45, 2.75) is 32.3 Å². The summed E-state index contributed by atoms with van der Waals surface area (Å²) in [6.07, 6.45) is 1.80. The number of rotatable bonds is 1. The molecule has 1 spiro atoms. The fourth-order valence-electron chi connectivity index (χ4n) is 2.98. The molecule has 1 unspecified atom stereocenters. The van der Waals surface area contributed by atoms with Crippen molar-refractivity contribution in [2.24, 2.45) is 0 Å². The lowest BCUT2D eigenvalue weighted by molar-refractivity contribution is 0.0366. The number of nitrogens with zero attached hydrogens (tertiary/aromatic N) is 1. The topological polar surface area (TPSA) is 41.6 Å². The molecule has 2 heterocycles. The van der Waals surface area contributed by atoms with Gasteiger partial charge in [-0.2, -0.15) is 0 Å². The second-order valence-corrected chi connectivity index (χ2v) is 5.71. The van der Waals surface area contributed by atoms with Gasteiger partial charge in [-0.25, -0.2) is 4.79 Å². The summed E-state index contributed by atoms with van der Waals surface area (Å²) in [6.45, 7) is 6.51. The van der Waals surface area contributed by atoms with E-state index in [0.717, 1.165) is 42.7 Å². The summed E-state index contributed by atoms with van der Waals surface area (Å²) in [4.78, 5) is 14.0. The molecule has 3 rings (SSSR count). The van der Waals surface area contributed by atoms with Crippen molar-refractivity contribution >= 4 is 11.8 Å². The zero-order valence-electron chi connectivity index (χ0n) is 11.5. The van der Waals surface area contributed by atoms with Crippen LogP contribution in [-0.2, 0) is 4.74 Å². The van der Waals surface area contributed by atoms with Crippen molar-refractivity contribution in [2.75, 3.05) is 24.5 Å². The average molecular weight is 260 g/mol. The van der Waals surface area contributed by atoms with Gasteiger partial charge >= 0.3 is 6.09 Å². The van der Waals surface area contributed by atoms with Gasteiger partial charge in [0.1, 0.15) is 5.60 Å². The number of hydrogen-bond donors (Lipinski definition) is 1. The quantitative estimate of drug-likeness (QED) is 0.843. The van der Waals surface area contributed by atoms with Gasteiger partial charge in [0.05, 0.1) is 12.2 Å². The molecule has 2 fully saturated rings. The number of aryl methyl sites for hydroxylation is 2. The van der Waals surface area contributed by atoms with Crippen molar-refractivity contribution in [1.29, 1.82) is 0 Å². The Hall–Kier alpha value is -1.55. The van der Waals surface area contributed by atoms with Crippen LogP contribution in [0, 0.1) is 13.8 Å². The van der Waals surface area contributed by atoms with Gasteiger partial charge in [-0.1, -0.05) is 12.1 Å². The van der Waals surface area contributed by atoms with Gasteiger partial charge in [0.25, 0.3) is 0 Å². The van der Waals surface area contributed by atoms with E-state index in [1.165, 1.54) is 0 Å². The number of nitrogens with one attached hydrogen (secondary N) is 1. The van der Waals surface area contributed by atoms with Gasteiger partial charge in [0.15, 0.2) is 0 Å². The van der Waals surface area contributed by atoms with Crippen LogP contribution in [0.25, 0.3) is 0 Å². The van der Waals surface area contributed by atoms with Gasteiger partial charge < -0.3 is 10.1 Å². The first-order valence-corrected chi connectivity index (χ1v) is 6.88. The minimum absolute atomic E-state index is 0.211. The van der Waals surface area contributed by atoms with E-state index >= 15 is 0 Å². The highest BCUT2D eigenvalue weighted by molar-refractivity contribution is 5.91. The van der Waals surface area contributed by atoms with Gasteiger partial charge in [0, 0.05) is 6.54 Å². The minimum atomic E-state index is -0.328. The molecule has 2 saturated heterocycles. The highest BCUT2D eigenvalue weighted by atomic mass is 16.6. The molecule has 2 aliphatic heterocycles. The Bertz CT molecular complexity index is 507. The third-order valence-electron chi connectivity index (χ3n) is 4.06. The minimum Gasteiger partial charge on any atom is -0.439 e. The van der Waals surface area contributed by atoms with Gasteiger partial charge in [0.2, 0.25) is 0 Å². The summed E-state index contributed by atoms with van der Waals surface area (Å²) in [6, 6.07) is 6.19. The Kier molecular flexibility index (Phi) is 2.97. The van der Waals surface area contributed by atoms with Crippen molar-refractivity contribution in [1.82, 2.24) is 5.32 Å². The molecule has 102 valence electrons. The van der Waals surface area contributed by atoms with E-state index in [1.54, 1.807) is 4.90 Å². The van der Waals surface area contributed by atoms with Gasteiger partial charge in [-0.3, -0.25) is 4.90 Å². The summed E-state index contributed by atoms with van der Waals surface area (Å²) in [5, 5.41) is 3.33. The molecule has 1 aromatic carbocycles. The van der Waals surface area contributed by atoms with E-state index in [0.29, 0.717) is 6.54 Å². The first-order chi connectivity index (χ1) is 9.10. The highest BCUT2D eigenvalue weighted by Crippen LogP contribution is 2.34. The maximum absolute atomic E-state index is 12.2. The lowest BCUT2D eigenvalue weighted by atomic mass is 9.94. The number of carbonyl (C=O) groups is 1. The van der Waals surface area contributed by atoms with Crippen LogP contribution in [-0.4, -0.2) is 31.3 Å². The Morgan fingerprint density at radius 2 is 2.21 bits per heavy atom. The Balaban J connectivity index is 1.89. The summed E-state index contributed by atoms with van der Waals surface area (Å²) >= 11 is 0. The zero-order valence-corrected chi connectivity index (χ0v) is 11.5. The van der Waals surface area contributed by atoms with E-state index in [-0.39, 0.29) is 11.7 Å². The van der Waals surface area contributed by atoms with E-state index in [1.807, 2.05) is 13.8 Å². The number of piperidine rings is 1. The molecule has 4 heteroatoms. The Morgan fingerprint density at radius 1 is 1.37 bits per heavy atom. The molecule has 1 amide bonds. The average Bonchev–Trinajstić information content (AvgIpc) is 2.70. The van der Waals surface area contributed by atoms with Crippen molar-refractivity contribution < 1.29 is 9.53 Å². The Labute approximate surface area is 113 Å². The number of anilines is 1. The number of ether oxygens (including phenoxy) is 1. The summed E-state index contributed by atoms with van der Waals surface area (Å²) < 4.78 is 5.68. The molecule has 4 nitrogen and oxygen atoms in total. The van der Waals surface area contributed by atoms with Crippen LogP contribution in [0.5, 0.6) is 0 Å². The number of amides is 1. The lowest BCUT2D eigenvalue weighted by Gasteiger charge is -2.31. The molecule has 0 aliphatic carbocycles. The van der Waals surface area contributed by atoms with E-state index < -0.39 is 0 Å². The van der Waals surface area contributed by atoms with E-state index in [9.17, 15) is 4.79 Å². The SMILES string of the molecule is Cc1ccc(C)c(N2CC3(CCCNC3)OC2=O)c1. The normalized spacial score (nSPS) is 26.8. The molecule has 1 aromatic rings. The second kappa shape index (κ2) is 4.53. The fourth-order valence-corrected chi connectivity index (χ4v) is 2.98. The molecular formula is C15H20N2O2. The summed E-state index contributed by atoms with van der Waals surface area (Å²) in [7, 11) is 0. The van der Waals surface area contributed by atoms with E-state index in [4.69, 9.17) is 4.74 Å². The van der Waals surface area contributed by atoms with Gasteiger partial charge in [-0.05, 0) is 50.4 Å². The van der Waals surface area contributed by atoms with Crippen LogP contribution < -0.4 is 10.2 Å². The van der Waals surface area contributed by atoms with Crippen LogP contribution in [0.15, 0.2) is 18.2 Å². The largest absolute Gasteiger partial charge is 0.439 e. The zero-order chi connectivity index (χ0) is 13.5. The molecule has 1 N–H and O–H groups in total. The fraction of sp³-hybridized carbons (Fsp3) is 0.533. The number of benzene rings is 1. The molecular weight excluding hydrogens is 240 g/mol. The maximum atomic E-state index is 12.2. The van der Waals surface area contributed by atoms with Gasteiger partial charge in [-0.15, -0.1) is 0 Å². The monoisotopic (exact) mass is 260 g/mol. The van der Waals surface area contributed by atoms with Crippen LogP contribution >= 0.6 is 0 Å². The van der Waals surface area contributed by atoms with Crippen LogP contribution in [0.1, 0.15) is 24.0 Å². The molecule has 1 atom stereocenters. The third-order valence-corrected chi connectivity index (χ3v) is 4.06. The first kappa shape index (κ1) is 12.5. The predicted molar refractivity (Wildman–Crippen MR) is 74.6 cm³/mol. The third kappa shape index (κ3) is 2.21. The van der Waals surface area contributed by atoms with Crippen LogP contribution in [0.2, 0.25) is 0 Å². The lowest BCUT2D eigenvalue weighted by Crippen LogP contribution is -2.48. The van der Waals surface area contributed by atoms with Crippen molar-refractivity contribution in [3.8, 4) is 0 Å². The number of hydrogen-bond acceptors (Lipinski definition) is 3. The molecule has 0 radical (unpaired) electrons. The first-order valence-electron chi connectivity index (χ1n) is 6.88.